The van der Waals surface area contributed by atoms with E-state index in [1.807, 2.05) is 6.07 Å². The molecule has 1 unspecified atom stereocenters. The van der Waals surface area contributed by atoms with Gasteiger partial charge >= 0.3 is 0 Å². The maximum absolute atomic E-state index is 5.96. The number of rotatable bonds is 4. The number of aromatic nitrogens is 2. The highest BCUT2D eigenvalue weighted by Crippen LogP contribution is 2.21. The van der Waals surface area contributed by atoms with E-state index in [0.29, 0.717) is 11.9 Å². The largest absolute Gasteiger partial charge is 0.384 e. The molecule has 0 aliphatic carbocycles. The first-order valence-electron chi connectivity index (χ1n) is 7.72. The van der Waals surface area contributed by atoms with Gasteiger partial charge in [-0.15, -0.1) is 0 Å². The average molecular weight is 277 g/mol. The third-order valence-corrected chi connectivity index (χ3v) is 3.92. The van der Waals surface area contributed by atoms with Crippen LogP contribution in [0.1, 0.15) is 38.9 Å². The number of likely N-dealkylation sites (N-methyl/N-ethyl adjacent to an activating group) is 1. The quantitative estimate of drug-likeness (QED) is 0.911. The zero-order valence-electron chi connectivity index (χ0n) is 13.0. The lowest BCUT2D eigenvalue weighted by molar-refractivity contribution is 0.327. The van der Waals surface area contributed by atoms with Gasteiger partial charge in [-0.2, -0.15) is 0 Å². The maximum Gasteiger partial charge on any atom is 0.134 e. The molecule has 112 valence electrons. The van der Waals surface area contributed by atoms with E-state index in [1.165, 1.54) is 6.42 Å². The summed E-state index contributed by atoms with van der Waals surface area (Å²) in [7, 11) is 2.20. The van der Waals surface area contributed by atoms with Crippen LogP contribution in [-0.2, 0) is 6.42 Å². The molecular formula is C15H27N5. The van der Waals surface area contributed by atoms with Gasteiger partial charge < -0.3 is 15.5 Å². The molecule has 1 aromatic rings. The standard InChI is InChI=1S/C15H27N5/c1-4-7-14-17-13(16)10-15(18-14)20-9-6-8-19(3)11-12(20)5-2/h10,12H,4-9,11H2,1-3H3,(H2,16,17,18). The minimum atomic E-state index is 0.506. The Bertz CT molecular complexity index is 434. The van der Waals surface area contributed by atoms with Gasteiger partial charge in [-0.3, -0.25) is 0 Å². The Morgan fingerprint density at radius 2 is 2.10 bits per heavy atom. The van der Waals surface area contributed by atoms with E-state index in [-0.39, 0.29) is 0 Å². The Labute approximate surface area is 122 Å². The van der Waals surface area contributed by atoms with Crippen LogP contribution in [0.25, 0.3) is 0 Å². The van der Waals surface area contributed by atoms with Gasteiger partial charge in [0.15, 0.2) is 0 Å². The summed E-state index contributed by atoms with van der Waals surface area (Å²) in [6.07, 6.45) is 4.22. The molecule has 0 radical (unpaired) electrons. The molecule has 1 fully saturated rings. The van der Waals surface area contributed by atoms with Crippen LogP contribution in [0.5, 0.6) is 0 Å². The smallest absolute Gasteiger partial charge is 0.134 e. The van der Waals surface area contributed by atoms with Gasteiger partial charge in [0.1, 0.15) is 17.5 Å². The molecule has 1 saturated heterocycles. The Morgan fingerprint density at radius 1 is 1.30 bits per heavy atom. The van der Waals surface area contributed by atoms with E-state index < -0.39 is 0 Å². The van der Waals surface area contributed by atoms with E-state index >= 15 is 0 Å². The van der Waals surface area contributed by atoms with Crippen molar-refractivity contribution >= 4 is 11.6 Å². The van der Waals surface area contributed by atoms with Crippen LogP contribution in [-0.4, -0.2) is 47.6 Å². The van der Waals surface area contributed by atoms with Crippen molar-refractivity contribution in [1.82, 2.24) is 14.9 Å². The normalized spacial score (nSPS) is 20.9. The van der Waals surface area contributed by atoms with Crippen molar-refractivity contribution in [1.29, 1.82) is 0 Å². The molecule has 5 nitrogen and oxygen atoms in total. The summed E-state index contributed by atoms with van der Waals surface area (Å²) in [5.41, 5.74) is 5.96. The fourth-order valence-corrected chi connectivity index (χ4v) is 2.88. The van der Waals surface area contributed by atoms with Crippen molar-refractivity contribution in [2.45, 2.75) is 45.6 Å². The van der Waals surface area contributed by atoms with E-state index in [4.69, 9.17) is 10.7 Å². The molecule has 1 aromatic heterocycles. The monoisotopic (exact) mass is 277 g/mol. The second-order valence-electron chi connectivity index (χ2n) is 5.69. The van der Waals surface area contributed by atoms with Gasteiger partial charge in [0.25, 0.3) is 0 Å². The molecule has 1 aliphatic rings. The first-order valence-corrected chi connectivity index (χ1v) is 7.72. The highest BCUT2D eigenvalue weighted by molar-refractivity contribution is 5.48. The van der Waals surface area contributed by atoms with Crippen LogP contribution < -0.4 is 10.6 Å². The lowest BCUT2D eigenvalue weighted by Gasteiger charge is -2.31. The number of nitrogens with two attached hydrogens (primary N) is 1. The van der Waals surface area contributed by atoms with Crippen LogP contribution in [0.3, 0.4) is 0 Å². The molecule has 20 heavy (non-hydrogen) atoms. The number of nitrogen functional groups attached to an aromatic ring is 1. The van der Waals surface area contributed by atoms with E-state index in [2.05, 4.69) is 35.7 Å². The van der Waals surface area contributed by atoms with Crippen molar-refractivity contribution in [3.8, 4) is 0 Å². The van der Waals surface area contributed by atoms with E-state index in [9.17, 15) is 0 Å². The molecule has 0 spiro atoms. The molecule has 2 heterocycles. The predicted molar refractivity (Wildman–Crippen MR) is 84.0 cm³/mol. The summed E-state index contributed by atoms with van der Waals surface area (Å²) < 4.78 is 0. The summed E-state index contributed by atoms with van der Waals surface area (Å²) in [6.45, 7) is 7.67. The lowest BCUT2D eigenvalue weighted by Crippen LogP contribution is -2.40. The van der Waals surface area contributed by atoms with Crippen LogP contribution >= 0.6 is 0 Å². The Kier molecular flexibility index (Phi) is 5.17. The molecule has 0 amide bonds. The fraction of sp³-hybridized carbons (Fsp3) is 0.733. The molecule has 0 saturated carbocycles. The zero-order valence-corrected chi connectivity index (χ0v) is 13.0. The highest BCUT2D eigenvalue weighted by atomic mass is 15.3. The lowest BCUT2D eigenvalue weighted by atomic mass is 10.2. The predicted octanol–water partition coefficient (Wildman–Crippen LogP) is 1.93. The molecular weight excluding hydrogens is 250 g/mol. The number of hydrogen-bond acceptors (Lipinski definition) is 5. The van der Waals surface area contributed by atoms with Crippen molar-refractivity contribution in [2.24, 2.45) is 0 Å². The third-order valence-electron chi connectivity index (χ3n) is 3.92. The van der Waals surface area contributed by atoms with Crippen LogP contribution in [0.4, 0.5) is 11.6 Å². The summed E-state index contributed by atoms with van der Waals surface area (Å²) >= 11 is 0. The second-order valence-corrected chi connectivity index (χ2v) is 5.69. The van der Waals surface area contributed by atoms with Crippen molar-refractivity contribution < 1.29 is 0 Å². The van der Waals surface area contributed by atoms with Gasteiger partial charge in [0.2, 0.25) is 0 Å². The maximum atomic E-state index is 5.96. The average Bonchev–Trinajstić information content (AvgIpc) is 2.59. The molecule has 2 N–H and O–H groups in total. The third kappa shape index (κ3) is 3.60. The zero-order chi connectivity index (χ0) is 14.5. The van der Waals surface area contributed by atoms with Gasteiger partial charge in [0.05, 0.1) is 0 Å². The Hall–Kier alpha value is -1.36. The summed E-state index contributed by atoms with van der Waals surface area (Å²) in [6, 6.07) is 2.43. The molecule has 5 heteroatoms. The minimum Gasteiger partial charge on any atom is -0.384 e. The van der Waals surface area contributed by atoms with Crippen molar-refractivity contribution in [3.05, 3.63) is 11.9 Å². The van der Waals surface area contributed by atoms with E-state index in [0.717, 1.165) is 50.5 Å². The van der Waals surface area contributed by atoms with Crippen molar-refractivity contribution in [2.75, 3.05) is 37.3 Å². The molecule has 0 aromatic carbocycles. The van der Waals surface area contributed by atoms with Gasteiger partial charge in [-0.25, -0.2) is 9.97 Å². The molecule has 0 bridgehead atoms. The fourth-order valence-electron chi connectivity index (χ4n) is 2.88. The second kappa shape index (κ2) is 6.88. The first-order chi connectivity index (χ1) is 9.63. The summed E-state index contributed by atoms with van der Waals surface area (Å²) in [5, 5.41) is 0. The number of anilines is 2. The minimum absolute atomic E-state index is 0.506. The molecule has 1 atom stereocenters. The Morgan fingerprint density at radius 3 is 2.80 bits per heavy atom. The van der Waals surface area contributed by atoms with E-state index in [1.54, 1.807) is 0 Å². The Balaban J connectivity index is 2.27. The topological polar surface area (TPSA) is 58.3 Å². The number of aryl methyl sites for hydroxylation is 1. The first kappa shape index (κ1) is 15.0. The summed E-state index contributed by atoms with van der Waals surface area (Å²) in [4.78, 5) is 13.9. The summed E-state index contributed by atoms with van der Waals surface area (Å²) in [5.74, 6) is 2.46. The molecule has 1 aliphatic heterocycles. The van der Waals surface area contributed by atoms with Gasteiger partial charge in [0, 0.05) is 31.6 Å². The van der Waals surface area contributed by atoms with Gasteiger partial charge in [-0.05, 0) is 32.9 Å². The number of hydrogen-bond donors (Lipinski definition) is 1. The van der Waals surface area contributed by atoms with Crippen LogP contribution in [0.15, 0.2) is 6.07 Å². The van der Waals surface area contributed by atoms with Gasteiger partial charge in [-0.1, -0.05) is 13.8 Å². The highest BCUT2D eigenvalue weighted by Gasteiger charge is 2.23. The molecule has 2 rings (SSSR count). The number of nitrogens with zero attached hydrogens (tertiary/aromatic N) is 4. The van der Waals surface area contributed by atoms with Crippen LogP contribution in [0, 0.1) is 0 Å². The van der Waals surface area contributed by atoms with Crippen molar-refractivity contribution in [3.63, 3.8) is 0 Å². The SMILES string of the molecule is CCCc1nc(N)cc(N2CCCN(C)CC2CC)n1. The van der Waals surface area contributed by atoms with Crippen LogP contribution in [0.2, 0.25) is 0 Å².